The third kappa shape index (κ3) is 3.21. The van der Waals surface area contributed by atoms with Gasteiger partial charge < -0.3 is 10.5 Å². The van der Waals surface area contributed by atoms with Crippen LogP contribution >= 0.6 is 11.6 Å². The van der Waals surface area contributed by atoms with E-state index >= 15 is 0 Å². The van der Waals surface area contributed by atoms with Crippen LogP contribution in [0.2, 0.25) is 5.02 Å². The lowest BCUT2D eigenvalue weighted by atomic mass is 10.1. The number of nitrogens with zero attached hydrogens (tertiary/aromatic N) is 4. The van der Waals surface area contributed by atoms with Gasteiger partial charge in [0.1, 0.15) is 0 Å². The molecule has 2 aromatic rings. The molecule has 1 aromatic heterocycles. The van der Waals surface area contributed by atoms with Crippen molar-refractivity contribution in [3.8, 4) is 11.4 Å². The molecule has 0 aliphatic rings. The number of anilines is 1. The highest BCUT2D eigenvalue weighted by Crippen LogP contribution is 2.26. The first-order valence-electron chi connectivity index (χ1n) is 5.92. The third-order valence-corrected chi connectivity index (χ3v) is 2.96. The molecule has 2 N–H and O–H groups in total. The minimum atomic E-state index is 0.306. The summed E-state index contributed by atoms with van der Waals surface area (Å²) in [4.78, 5) is 0. The lowest BCUT2D eigenvalue weighted by Gasteiger charge is -2.12. The largest absolute Gasteiger partial charge is 0.398 e. The molecule has 0 aliphatic heterocycles. The average molecular weight is 282 g/mol. The van der Waals surface area contributed by atoms with Crippen LogP contribution in [0.5, 0.6) is 0 Å². The van der Waals surface area contributed by atoms with E-state index in [1.807, 2.05) is 6.07 Å². The zero-order chi connectivity index (χ0) is 13.8. The van der Waals surface area contributed by atoms with Gasteiger partial charge in [-0.2, -0.15) is 0 Å². The number of nitrogens with two attached hydrogens (primary N) is 1. The van der Waals surface area contributed by atoms with Crippen molar-refractivity contribution >= 4 is 17.3 Å². The summed E-state index contributed by atoms with van der Waals surface area (Å²) in [5.74, 6) is 0.942. The molecule has 0 saturated carbocycles. The number of ether oxygens (including phenoxy) is 1. The summed E-state index contributed by atoms with van der Waals surface area (Å²) >= 11 is 5.89. The van der Waals surface area contributed by atoms with Gasteiger partial charge in [0.2, 0.25) is 0 Å². The molecule has 0 amide bonds. The quantitative estimate of drug-likeness (QED) is 0.846. The van der Waals surface area contributed by atoms with E-state index in [0.29, 0.717) is 35.6 Å². The molecule has 1 atom stereocenters. The van der Waals surface area contributed by atoms with Gasteiger partial charge in [-0.1, -0.05) is 18.5 Å². The number of rotatable bonds is 5. The van der Waals surface area contributed by atoms with Crippen LogP contribution in [0.15, 0.2) is 18.2 Å². The number of nitrogen functional groups attached to an aromatic ring is 1. The molecule has 0 bridgehead atoms. The van der Waals surface area contributed by atoms with Gasteiger partial charge in [0.25, 0.3) is 0 Å². The van der Waals surface area contributed by atoms with Gasteiger partial charge in [-0.3, -0.25) is 0 Å². The van der Waals surface area contributed by atoms with E-state index in [9.17, 15) is 0 Å². The number of hydrogen-bond donors (Lipinski definition) is 1. The molecule has 1 unspecified atom stereocenters. The fraction of sp³-hybridized carbons (Fsp3) is 0.417. The Morgan fingerprint density at radius 3 is 2.95 bits per heavy atom. The molecule has 19 heavy (non-hydrogen) atoms. The van der Waals surface area contributed by atoms with Crippen LogP contribution in [0.1, 0.15) is 6.92 Å². The van der Waals surface area contributed by atoms with E-state index in [0.717, 1.165) is 5.56 Å². The van der Waals surface area contributed by atoms with Gasteiger partial charge in [-0.15, -0.1) is 5.10 Å². The fourth-order valence-corrected chi connectivity index (χ4v) is 2.07. The monoisotopic (exact) mass is 281 g/mol. The molecule has 0 spiro atoms. The number of halogens is 1. The van der Waals surface area contributed by atoms with Crippen LogP contribution < -0.4 is 5.73 Å². The summed E-state index contributed by atoms with van der Waals surface area (Å²) in [5.41, 5.74) is 7.29. The number of benzene rings is 1. The van der Waals surface area contributed by atoms with Crippen LogP contribution in [0.4, 0.5) is 5.69 Å². The Balaban J connectivity index is 2.28. The Labute approximate surface area is 116 Å². The minimum absolute atomic E-state index is 0.306. The summed E-state index contributed by atoms with van der Waals surface area (Å²) in [6, 6.07) is 5.28. The highest BCUT2D eigenvalue weighted by atomic mass is 35.5. The van der Waals surface area contributed by atoms with Gasteiger partial charge in [-0.05, 0) is 34.5 Å². The standard InChI is InChI=1S/C12H16ClN5O/c1-8(7-19-2)6-18-12(15-16-17-18)10-4-3-9(13)5-11(10)14/h3-5,8H,6-7,14H2,1-2H3. The fourth-order valence-electron chi connectivity index (χ4n) is 1.89. The van der Waals surface area contributed by atoms with Crippen LogP contribution in [-0.4, -0.2) is 33.9 Å². The predicted molar refractivity (Wildman–Crippen MR) is 73.7 cm³/mol. The van der Waals surface area contributed by atoms with Crippen LogP contribution in [0.3, 0.4) is 0 Å². The van der Waals surface area contributed by atoms with Crippen molar-refractivity contribution in [2.24, 2.45) is 5.92 Å². The Hall–Kier alpha value is -1.66. The van der Waals surface area contributed by atoms with Gasteiger partial charge in [0.15, 0.2) is 5.82 Å². The van der Waals surface area contributed by atoms with Crippen molar-refractivity contribution in [1.82, 2.24) is 20.2 Å². The molecule has 0 aliphatic carbocycles. The Bertz CT molecular complexity index is 557. The Kier molecular flexibility index (Phi) is 4.34. The van der Waals surface area contributed by atoms with Crippen molar-refractivity contribution in [3.63, 3.8) is 0 Å². The van der Waals surface area contributed by atoms with Crippen LogP contribution in [-0.2, 0) is 11.3 Å². The first-order valence-corrected chi connectivity index (χ1v) is 6.30. The molecule has 0 saturated heterocycles. The second kappa shape index (κ2) is 5.99. The molecular formula is C12H16ClN5O. The SMILES string of the molecule is COCC(C)Cn1nnnc1-c1ccc(Cl)cc1N. The second-order valence-electron chi connectivity index (χ2n) is 4.48. The maximum absolute atomic E-state index is 5.95. The zero-order valence-electron chi connectivity index (χ0n) is 10.9. The zero-order valence-corrected chi connectivity index (χ0v) is 11.6. The molecule has 2 rings (SSSR count). The van der Waals surface area contributed by atoms with Gasteiger partial charge >= 0.3 is 0 Å². The average Bonchev–Trinajstić information content (AvgIpc) is 2.77. The molecule has 1 aromatic carbocycles. The first kappa shape index (κ1) is 13.8. The van der Waals surface area contributed by atoms with E-state index in [2.05, 4.69) is 22.4 Å². The lowest BCUT2D eigenvalue weighted by Crippen LogP contribution is -2.15. The summed E-state index contributed by atoms with van der Waals surface area (Å²) in [5, 5.41) is 12.3. The summed E-state index contributed by atoms with van der Waals surface area (Å²) in [6.45, 7) is 3.38. The molecule has 1 heterocycles. The maximum Gasteiger partial charge on any atom is 0.184 e. The Morgan fingerprint density at radius 2 is 2.26 bits per heavy atom. The smallest absolute Gasteiger partial charge is 0.184 e. The second-order valence-corrected chi connectivity index (χ2v) is 4.91. The summed E-state index contributed by atoms with van der Waals surface area (Å²) < 4.78 is 6.84. The van der Waals surface area contributed by atoms with Crippen molar-refractivity contribution in [2.75, 3.05) is 19.5 Å². The first-order chi connectivity index (χ1) is 9.11. The third-order valence-electron chi connectivity index (χ3n) is 2.72. The predicted octanol–water partition coefficient (Wildman–Crippen LogP) is 1.86. The summed E-state index contributed by atoms with van der Waals surface area (Å²) in [6.07, 6.45) is 0. The van der Waals surface area contributed by atoms with Crippen LogP contribution in [0.25, 0.3) is 11.4 Å². The number of methoxy groups -OCH3 is 1. The molecule has 7 heteroatoms. The number of aromatic nitrogens is 4. The van der Waals surface area contributed by atoms with E-state index in [1.165, 1.54) is 0 Å². The van der Waals surface area contributed by atoms with Gasteiger partial charge in [0, 0.05) is 29.9 Å². The molecule has 0 radical (unpaired) electrons. The summed E-state index contributed by atoms with van der Waals surface area (Å²) in [7, 11) is 1.67. The number of tetrazole rings is 1. The minimum Gasteiger partial charge on any atom is -0.398 e. The lowest BCUT2D eigenvalue weighted by molar-refractivity contribution is 0.149. The van der Waals surface area contributed by atoms with Gasteiger partial charge in [-0.25, -0.2) is 4.68 Å². The molecule has 102 valence electrons. The van der Waals surface area contributed by atoms with E-state index in [1.54, 1.807) is 23.9 Å². The van der Waals surface area contributed by atoms with E-state index in [4.69, 9.17) is 22.1 Å². The van der Waals surface area contributed by atoms with E-state index < -0.39 is 0 Å². The van der Waals surface area contributed by atoms with Crippen molar-refractivity contribution in [2.45, 2.75) is 13.5 Å². The van der Waals surface area contributed by atoms with Gasteiger partial charge in [0.05, 0.1) is 6.61 Å². The van der Waals surface area contributed by atoms with Crippen molar-refractivity contribution in [1.29, 1.82) is 0 Å². The molecular weight excluding hydrogens is 266 g/mol. The van der Waals surface area contributed by atoms with Crippen LogP contribution in [0, 0.1) is 5.92 Å². The highest BCUT2D eigenvalue weighted by Gasteiger charge is 2.14. The van der Waals surface area contributed by atoms with Crippen molar-refractivity contribution < 1.29 is 4.74 Å². The number of hydrogen-bond acceptors (Lipinski definition) is 5. The highest BCUT2D eigenvalue weighted by molar-refractivity contribution is 6.31. The van der Waals surface area contributed by atoms with Crippen molar-refractivity contribution in [3.05, 3.63) is 23.2 Å². The Morgan fingerprint density at radius 1 is 1.47 bits per heavy atom. The molecule has 0 fully saturated rings. The topological polar surface area (TPSA) is 78.8 Å². The van der Waals surface area contributed by atoms with E-state index in [-0.39, 0.29) is 0 Å². The maximum atomic E-state index is 5.95. The normalized spacial score (nSPS) is 12.6. The molecule has 6 nitrogen and oxygen atoms in total.